The first-order valence-electron chi connectivity index (χ1n) is 4.50. The molecule has 0 saturated carbocycles. The van der Waals surface area contributed by atoms with E-state index in [9.17, 15) is 13.2 Å². The van der Waals surface area contributed by atoms with Crippen LogP contribution in [-0.2, 0) is 10.0 Å². The highest BCUT2D eigenvalue weighted by molar-refractivity contribution is 7.89. The summed E-state index contributed by atoms with van der Waals surface area (Å²) in [4.78, 5) is 13.1. The molecule has 0 saturated heterocycles. The summed E-state index contributed by atoms with van der Waals surface area (Å²) in [5.41, 5.74) is -0.362. The number of nitrogens with zero attached hydrogens (tertiary/aromatic N) is 2. The summed E-state index contributed by atoms with van der Waals surface area (Å²) in [7, 11) is -2.23. The molecule has 0 aliphatic heterocycles. The molecule has 0 fully saturated rings. The lowest BCUT2D eigenvalue weighted by Crippen LogP contribution is -2.28. The number of nitrogens with one attached hydrogen (secondary N) is 1. The fourth-order valence-electron chi connectivity index (χ4n) is 1.06. The van der Waals surface area contributed by atoms with Gasteiger partial charge in [0.15, 0.2) is 0 Å². The second-order valence-electron chi connectivity index (χ2n) is 3.12. The molecule has 7 heteroatoms. The Morgan fingerprint density at radius 3 is 2.69 bits per heavy atom. The molecule has 0 radical (unpaired) electrons. The maximum atomic E-state index is 11.8. The van der Waals surface area contributed by atoms with E-state index in [1.807, 2.05) is 6.07 Å². The van der Waals surface area contributed by atoms with Crippen molar-refractivity contribution in [2.75, 3.05) is 13.6 Å². The van der Waals surface area contributed by atoms with Crippen LogP contribution in [0.1, 0.15) is 6.42 Å². The molecule has 0 amide bonds. The smallest absolute Gasteiger partial charge is 0.247 e. The van der Waals surface area contributed by atoms with E-state index >= 15 is 0 Å². The molecule has 1 heterocycles. The van der Waals surface area contributed by atoms with Crippen LogP contribution in [0.2, 0.25) is 0 Å². The van der Waals surface area contributed by atoms with E-state index < -0.39 is 10.0 Å². The van der Waals surface area contributed by atoms with Crippen molar-refractivity contribution in [1.29, 1.82) is 5.26 Å². The highest BCUT2D eigenvalue weighted by atomic mass is 32.2. The van der Waals surface area contributed by atoms with E-state index in [2.05, 4.69) is 4.98 Å². The first-order valence-corrected chi connectivity index (χ1v) is 5.94. The molecule has 6 nitrogen and oxygen atoms in total. The molecule has 0 aliphatic carbocycles. The number of rotatable bonds is 4. The second kappa shape index (κ2) is 4.92. The second-order valence-corrected chi connectivity index (χ2v) is 5.17. The molecule has 1 aromatic rings. The highest BCUT2D eigenvalue weighted by Crippen LogP contribution is 2.11. The molecular weight excluding hydrogens is 230 g/mol. The molecular formula is C9H11N3O3S. The lowest BCUT2D eigenvalue weighted by atomic mass is 10.5. The minimum atomic E-state index is -3.62. The van der Waals surface area contributed by atoms with Crippen molar-refractivity contribution in [2.45, 2.75) is 11.3 Å². The number of nitriles is 1. The van der Waals surface area contributed by atoms with Gasteiger partial charge >= 0.3 is 0 Å². The third kappa shape index (κ3) is 2.68. The van der Waals surface area contributed by atoms with E-state index in [0.717, 1.165) is 16.6 Å². The first kappa shape index (κ1) is 12.4. The fraction of sp³-hybridized carbons (Fsp3) is 0.333. The van der Waals surface area contributed by atoms with Crippen LogP contribution in [0.5, 0.6) is 0 Å². The number of hydrogen-bond donors (Lipinski definition) is 1. The number of H-pyrrole nitrogens is 1. The Hall–Kier alpha value is -1.65. The van der Waals surface area contributed by atoms with E-state index in [1.54, 1.807) is 0 Å². The summed E-state index contributed by atoms with van der Waals surface area (Å²) in [6.45, 7) is 0.123. The minimum absolute atomic E-state index is 0.00698. The summed E-state index contributed by atoms with van der Waals surface area (Å²) in [5, 5.41) is 8.37. The summed E-state index contributed by atoms with van der Waals surface area (Å²) in [6, 6.07) is 4.24. The lowest BCUT2D eigenvalue weighted by molar-refractivity contribution is 0.476. The highest BCUT2D eigenvalue weighted by Gasteiger charge is 2.20. The summed E-state index contributed by atoms with van der Waals surface area (Å²) in [6.07, 6.45) is 1.26. The standard InChI is InChI=1S/C9H11N3O3S/c1-12(6-2-5-10)16(14,15)8-3-4-9(13)11-7-8/h3-4,7H,2,6H2,1H3,(H,11,13). The van der Waals surface area contributed by atoms with Crippen molar-refractivity contribution in [3.63, 3.8) is 0 Å². The van der Waals surface area contributed by atoms with Crippen LogP contribution in [0.15, 0.2) is 28.0 Å². The predicted octanol–water partition coefficient (Wildman–Crippen LogP) is -0.0909. The molecule has 0 aromatic carbocycles. The number of hydrogen-bond acceptors (Lipinski definition) is 4. The van der Waals surface area contributed by atoms with E-state index in [4.69, 9.17) is 5.26 Å². The molecule has 86 valence electrons. The van der Waals surface area contributed by atoms with Gasteiger partial charge in [-0.05, 0) is 6.07 Å². The summed E-state index contributed by atoms with van der Waals surface area (Å²) in [5.74, 6) is 0. The van der Waals surface area contributed by atoms with Crippen molar-refractivity contribution in [3.8, 4) is 6.07 Å². The van der Waals surface area contributed by atoms with Gasteiger partial charge in [-0.2, -0.15) is 9.57 Å². The molecule has 16 heavy (non-hydrogen) atoms. The number of sulfonamides is 1. The lowest BCUT2D eigenvalue weighted by Gasteiger charge is -2.14. The Labute approximate surface area is 93.2 Å². The van der Waals surface area contributed by atoms with E-state index in [1.165, 1.54) is 13.1 Å². The molecule has 0 unspecified atom stereocenters. The van der Waals surface area contributed by atoms with Crippen molar-refractivity contribution >= 4 is 10.0 Å². The zero-order valence-corrected chi connectivity index (χ0v) is 9.49. The largest absolute Gasteiger partial charge is 0.328 e. The molecule has 1 aromatic heterocycles. The normalized spacial score (nSPS) is 11.3. The first-order chi connectivity index (χ1) is 7.48. The molecule has 0 atom stereocenters. The van der Waals surface area contributed by atoms with E-state index in [-0.39, 0.29) is 23.4 Å². The Kier molecular flexibility index (Phi) is 3.82. The van der Waals surface area contributed by atoms with Gasteiger partial charge in [-0.3, -0.25) is 4.79 Å². The van der Waals surface area contributed by atoms with Gasteiger partial charge in [-0.1, -0.05) is 0 Å². The van der Waals surface area contributed by atoms with Crippen LogP contribution in [0.25, 0.3) is 0 Å². The summed E-state index contributed by atoms with van der Waals surface area (Å²) < 4.78 is 24.8. The quantitative estimate of drug-likeness (QED) is 0.797. The third-order valence-electron chi connectivity index (χ3n) is 2.00. The van der Waals surface area contributed by atoms with Crippen LogP contribution >= 0.6 is 0 Å². The Bertz CT molecular complexity index is 536. The monoisotopic (exact) mass is 241 g/mol. The zero-order chi connectivity index (χ0) is 12.2. The van der Waals surface area contributed by atoms with Crippen molar-refractivity contribution < 1.29 is 8.42 Å². The maximum Gasteiger partial charge on any atom is 0.247 e. The number of pyridine rings is 1. The average Bonchev–Trinajstić information content (AvgIpc) is 2.26. The topological polar surface area (TPSA) is 94.0 Å². The average molecular weight is 241 g/mol. The van der Waals surface area contributed by atoms with Gasteiger partial charge in [0.25, 0.3) is 0 Å². The van der Waals surface area contributed by atoms with E-state index in [0.29, 0.717) is 0 Å². The van der Waals surface area contributed by atoms with Gasteiger partial charge in [0.05, 0.1) is 11.0 Å². The van der Waals surface area contributed by atoms with Crippen LogP contribution in [0, 0.1) is 11.3 Å². The SMILES string of the molecule is CN(CCC#N)S(=O)(=O)c1ccc(=O)[nH]c1. The van der Waals surface area contributed by atoms with Crippen LogP contribution in [-0.4, -0.2) is 31.3 Å². The number of aromatic nitrogens is 1. The van der Waals surface area contributed by atoms with Gasteiger partial charge in [-0.15, -0.1) is 0 Å². The zero-order valence-electron chi connectivity index (χ0n) is 8.67. The van der Waals surface area contributed by atoms with Crippen molar-refractivity contribution in [3.05, 3.63) is 28.7 Å². The summed E-state index contributed by atoms with van der Waals surface area (Å²) >= 11 is 0. The Morgan fingerprint density at radius 2 is 2.19 bits per heavy atom. The fourth-order valence-corrected chi connectivity index (χ4v) is 2.20. The van der Waals surface area contributed by atoms with Gasteiger partial charge in [0, 0.05) is 32.3 Å². The van der Waals surface area contributed by atoms with Gasteiger partial charge in [0.2, 0.25) is 15.6 Å². The molecule has 0 spiro atoms. The van der Waals surface area contributed by atoms with Gasteiger partial charge in [-0.25, -0.2) is 8.42 Å². The van der Waals surface area contributed by atoms with Crippen LogP contribution < -0.4 is 5.56 Å². The Balaban J connectivity index is 2.98. The van der Waals surface area contributed by atoms with Crippen molar-refractivity contribution in [1.82, 2.24) is 9.29 Å². The number of aromatic amines is 1. The molecule has 1 N–H and O–H groups in total. The Morgan fingerprint density at radius 1 is 1.50 bits per heavy atom. The van der Waals surface area contributed by atoms with Crippen LogP contribution in [0.3, 0.4) is 0 Å². The third-order valence-corrected chi connectivity index (χ3v) is 3.86. The van der Waals surface area contributed by atoms with Crippen molar-refractivity contribution in [2.24, 2.45) is 0 Å². The molecule has 0 bridgehead atoms. The maximum absolute atomic E-state index is 11.8. The van der Waals surface area contributed by atoms with Gasteiger partial charge in [0.1, 0.15) is 0 Å². The molecule has 1 rings (SSSR count). The van der Waals surface area contributed by atoms with Gasteiger partial charge < -0.3 is 4.98 Å². The molecule has 0 aliphatic rings. The minimum Gasteiger partial charge on any atom is -0.328 e. The van der Waals surface area contributed by atoms with Crippen LogP contribution in [0.4, 0.5) is 0 Å². The predicted molar refractivity (Wildman–Crippen MR) is 57.1 cm³/mol.